The third-order valence-corrected chi connectivity index (χ3v) is 5.14. The molecule has 0 unspecified atom stereocenters. The van der Waals surface area contributed by atoms with Crippen LogP contribution >= 0.6 is 0 Å². The molecule has 1 aromatic carbocycles. The van der Waals surface area contributed by atoms with E-state index in [2.05, 4.69) is 25.0 Å². The molecule has 0 aliphatic rings. The Morgan fingerprint density at radius 1 is 1.00 bits per heavy atom. The molecule has 0 aliphatic heterocycles. The molecule has 0 aliphatic carbocycles. The number of hydrogen-bond donors (Lipinski definition) is 2. The van der Waals surface area contributed by atoms with Crippen LogP contribution in [0.15, 0.2) is 54.7 Å². The van der Waals surface area contributed by atoms with Crippen LogP contribution in [-0.4, -0.2) is 29.1 Å². The highest BCUT2D eigenvalue weighted by atomic mass is 32.2. The van der Waals surface area contributed by atoms with Gasteiger partial charge in [0, 0.05) is 29.3 Å². The molecule has 0 radical (unpaired) electrons. The van der Waals surface area contributed by atoms with Gasteiger partial charge in [-0.1, -0.05) is 13.0 Å². The van der Waals surface area contributed by atoms with Gasteiger partial charge in [-0.25, -0.2) is 18.4 Å². The summed E-state index contributed by atoms with van der Waals surface area (Å²) in [5.74, 6) is 1.29. The minimum absolute atomic E-state index is 0.101. The summed E-state index contributed by atoms with van der Waals surface area (Å²) >= 11 is 0. The molecular weight excluding hydrogens is 362 g/mol. The van der Waals surface area contributed by atoms with E-state index in [1.807, 2.05) is 38.1 Å². The van der Waals surface area contributed by atoms with Gasteiger partial charge in [0.2, 0.25) is 10.0 Å². The van der Waals surface area contributed by atoms with Crippen LogP contribution in [-0.2, 0) is 10.0 Å². The van der Waals surface area contributed by atoms with E-state index in [4.69, 9.17) is 0 Å². The Hall–Kier alpha value is -3.00. The lowest BCUT2D eigenvalue weighted by Crippen LogP contribution is -2.15. The van der Waals surface area contributed by atoms with Crippen LogP contribution in [0.5, 0.6) is 0 Å². The van der Waals surface area contributed by atoms with E-state index in [0.29, 0.717) is 29.4 Å². The fraction of sp³-hybridized carbons (Fsp3) is 0.211. The molecule has 2 N–H and O–H groups in total. The first-order chi connectivity index (χ1) is 12.9. The van der Waals surface area contributed by atoms with Gasteiger partial charge in [0.1, 0.15) is 11.5 Å². The summed E-state index contributed by atoms with van der Waals surface area (Å²) in [5.41, 5.74) is 2.84. The Balaban J connectivity index is 1.77. The van der Waals surface area contributed by atoms with Crippen molar-refractivity contribution < 1.29 is 8.42 Å². The Kier molecular flexibility index (Phi) is 5.66. The number of nitrogens with zero attached hydrogens (tertiary/aromatic N) is 3. The zero-order valence-corrected chi connectivity index (χ0v) is 16.0. The SMILES string of the molecule is CCCS(=O)(=O)Nc1ccc(Nc2cc(C)nc(-c3ccccn3)n2)cc1. The molecule has 27 heavy (non-hydrogen) atoms. The average Bonchev–Trinajstić information content (AvgIpc) is 2.63. The number of benzene rings is 1. The fourth-order valence-corrected chi connectivity index (χ4v) is 3.65. The van der Waals surface area contributed by atoms with E-state index in [0.717, 1.165) is 11.4 Å². The lowest BCUT2D eigenvalue weighted by Gasteiger charge is -2.10. The molecule has 0 spiro atoms. The maximum atomic E-state index is 11.8. The first kappa shape index (κ1) is 18.8. The standard InChI is InChI=1S/C19H21N5O2S/c1-3-12-27(25,26)24-16-9-7-15(8-10-16)22-18-13-14(2)21-19(23-18)17-6-4-5-11-20-17/h4-11,13,24H,3,12H2,1-2H3,(H,21,22,23). The van der Waals surface area contributed by atoms with Crippen molar-refractivity contribution in [2.24, 2.45) is 0 Å². The molecule has 0 saturated heterocycles. The number of nitrogens with one attached hydrogen (secondary N) is 2. The summed E-state index contributed by atoms with van der Waals surface area (Å²) in [4.78, 5) is 13.2. The molecule has 3 rings (SSSR count). The molecule has 0 amide bonds. The second-order valence-electron chi connectivity index (χ2n) is 6.06. The summed E-state index contributed by atoms with van der Waals surface area (Å²) in [7, 11) is -3.30. The minimum atomic E-state index is -3.30. The van der Waals surface area contributed by atoms with Gasteiger partial charge in [0.05, 0.1) is 5.75 Å². The molecule has 2 heterocycles. The molecule has 2 aromatic heterocycles. The molecule has 0 atom stereocenters. The van der Waals surface area contributed by atoms with Crippen LogP contribution in [0, 0.1) is 6.92 Å². The first-order valence-corrected chi connectivity index (χ1v) is 10.2. The van der Waals surface area contributed by atoms with Crippen molar-refractivity contribution in [3.05, 3.63) is 60.4 Å². The Morgan fingerprint density at radius 2 is 1.74 bits per heavy atom. The van der Waals surface area contributed by atoms with Crippen molar-refractivity contribution in [1.82, 2.24) is 15.0 Å². The summed E-state index contributed by atoms with van der Waals surface area (Å²) in [5, 5.41) is 3.21. The Bertz CT molecular complexity index is 1010. The average molecular weight is 383 g/mol. The van der Waals surface area contributed by atoms with Crippen LogP contribution in [0.4, 0.5) is 17.2 Å². The number of hydrogen-bond acceptors (Lipinski definition) is 6. The topological polar surface area (TPSA) is 96.9 Å². The zero-order valence-electron chi connectivity index (χ0n) is 15.2. The molecule has 0 saturated carbocycles. The zero-order chi connectivity index (χ0) is 19.3. The minimum Gasteiger partial charge on any atom is -0.340 e. The van der Waals surface area contributed by atoms with Crippen LogP contribution < -0.4 is 10.0 Å². The molecular formula is C19H21N5O2S. The van der Waals surface area contributed by atoms with Crippen molar-refractivity contribution in [3.8, 4) is 11.5 Å². The van der Waals surface area contributed by atoms with Gasteiger partial charge in [-0.3, -0.25) is 9.71 Å². The maximum absolute atomic E-state index is 11.8. The smallest absolute Gasteiger partial charge is 0.232 e. The Morgan fingerprint density at radius 3 is 2.41 bits per heavy atom. The summed E-state index contributed by atoms with van der Waals surface area (Å²) in [6.07, 6.45) is 2.27. The first-order valence-electron chi connectivity index (χ1n) is 8.60. The van der Waals surface area contributed by atoms with Crippen LogP contribution in [0.3, 0.4) is 0 Å². The highest BCUT2D eigenvalue weighted by molar-refractivity contribution is 7.92. The lowest BCUT2D eigenvalue weighted by molar-refractivity contribution is 0.600. The number of anilines is 3. The quantitative estimate of drug-likeness (QED) is 0.645. The van der Waals surface area contributed by atoms with E-state index in [1.54, 1.807) is 30.5 Å². The van der Waals surface area contributed by atoms with E-state index in [-0.39, 0.29) is 5.75 Å². The van der Waals surface area contributed by atoms with E-state index < -0.39 is 10.0 Å². The third kappa shape index (κ3) is 5.24. The van der Waals surface area contributed by atoms with Crippen molar-refractivity contribution in [1.29, 1.82) is 0 Å². The lowest BCUT2D eigenvalue weighted by atomic mass is 10.3. The van der Waals surface area contributed by atoms with Crippen molar-refractivity contribution >= 4 is 27.2 Å². The number of aryl methyl sites for hydroxylation is 1. The van der Waals surface area contributed by atoms with Gasteiger partial charge in [0.15, 0.2) is 5.82 Å². The van der Waals surface area contributed by atoms with Crippen LogP contribution in [0.1, 0.15) is 19.0 Å². The number of pyridine rings is 1. The molecule has 0 bridgehead atoms. The maximum Gasteiger partial charge on any atom is 0.232 e. The van der Waals surface area contributed by atoms with Crippen LogP contribution in [0.2, 0.25) is 0 Å². The summed E-state index contributed by atoms with van der Waals surface area (Å²) in [6.45, 7) is 3.72. The molecule has 3 aromatic rings. The van der Waals surface area contributed by atoms with Gasteiger partial charge >= 0.3 is 0 Å². The van der Waals surface area contributed by atoms with Crippen LogP contribution in [0.25, 0.3) is 11.5 Å². The largest absolute Gasteiger partial charge is 0.340 e. The second-order valence-corrected chi connectivity index (χ2v) is 7.90. The van der Waals surface area contributed by atoms with Gasteiger partial charge in [0.25, 0.3) is 0 Å². The van der Waals surface area contributed by atoms with E-state index >= 15 is 0 Å². The predicted octanol–water partition coefficient (Wildman–Crippen LogP) is 3.74. The number of rotatable bonds is 7. The van der Waals surface area contributed by atoms with Gasteiger partial charge < -0.3 is 5.32 Å². The molecule has 0 fully saturated rings. The van der Waals surface area contributed by atoms with E-state index in [9.17, 15) is 8.42 Å². The van der Waals surface area contributed by atoms with Crippen molar-refractivity contribution in [2.45, 2.75) is 20.3 Å². The normalized spacial score (nSPS) is 11.2. The third-order valence-electron chi connectivity index (χ3n) is 3.65. The van der Waals surface area contributed by atoms with Gasteiger partial charge in [-0.2, -0.15) is 0 Å². The van der Waals surface area contributed by atoms with Gasteiger partial charge in [-0.05, 0) is 49.7 Å². The highest BCUT2D eigenvalue weighted by Gasteiger charge is 2.09. The monoisotopic (exact) mass is 383 g/mol. The molecule has 8 heteroatoms. The summed E-state index contributed by atoms with van der Waals surface area (Å²) in [6, 6.07) is 14.4. The summed E-state index contributed by atoms with van der Waals surface area (Å²) < 4.78 is 26.2. The second kappa shape index (κ2) is 8.13. The van der Waals surface area contributed by atoms with Gasteiger partial charge in [-0.15, -0.1) is 0 Å². The van der Waals surface area contributed by atoms with Crippen molar-refractivity contribution in [2.75, 3.05) is 15.8 Å². The molecule has 7 nitrogen and oxygen atoms in total. The van der Waals surface area contributed by atoms with E-state index in [1.165, 1.54) is 0 Å². The number of aromatic nitrogens is 3. The molecule has 140 valence electrons. The fourth-order valence-electron chi connectivity index (χ4n) is 2.51. The highest BCUT2D eigenvalue weighted by Crippen LogP contribution is 2.21. The van der Waals surface area contributed by atoms with Crippen molar-refractivity contribution in [3.63, 3.8) is 0 Å². The number of sulfonamides is 1. The predicted molar refractivity (Wildman–Crippen MR) is 107 cm³/mol. The Labute approximate surface area is 159 Å².